The second kappa shape index (κ2) is 6.38. The Morgan fingerprint density at radius 3 is 2.64 bits per heavy atom. The summed E-state index contributed by atoms with van der Waals surface area (Å²) in [5, 5.41) is 2.78. The van der Waals surface area contributed by atoms with E-state index in [9.17, 15) is 9.59 Å². The van der Waals surface area contributed by atoms with Crippen LogP contribution in [-0.4, -0.2) is 42.5 Å². The van der Waals surface area contributed by atoms with Gasteiger partial charge in [0.05, 0.1) is 0 Å². The van der Waals surface area contributed by atoms with Crippen molar-refractivity contribution in [1.82, 2.24) is 10.2 Å². The minimum Gasteiger partial charge on any atom is -0.336 e. The molecule has 0 aliphatic carbocycles. The summed E-state index contributed by atoms with van der Waals surface area (Å²) in [4.78, 5) is 28.1. The van der Waals surface area contributed by atoms with E-state index in [0.29, 0.717) is 24.7 Å². The van der Waals surface area contributed by atoms with E-state index in [1.807, 2.05) is 29.2 Å². The van der Waals surface area contributed by atoms with Crippen LogP contribution in [0, 0.1) is 0 Å². The molecule has 5 heteroatoms. The Morgan fingerprint density at radius 1 is 1.23 bits per heavy atom. The molecule has 22 heavy (non-hydrogen) atoms. The number of carbonyl (C=O) groups excluding carboxylic acids is 2. The van der Waals surface area contributed by atoms with Crippen LogP contribution in [-0.2, 0) is 0 Å². The highest BCUT2D eigenvalue weighted by Crippen LogP contribution is 2.23. The maximum atomic E-state index is 12.7. The molecule has 118 valence electrons. The van der Waals surface area contributed by atoms with E-state index in [1.54, 1.807) is 4.90 Å². The average Bonchev–Trinajstić information content (AvgIpc) is 3.00. The van der Waals surface area contributed by atoms with Gasteiger partial charge in [0.25, 0.3) is 5.91 Å². The second-order valence-corrected chi connectivity index (χ2v) is 5.99. The van der Waals surface area contributed by atoms with Crippen molar-refractivity contribution < 1.29 is 9.59 Å². The summed E-state index contributed by atoms with van der Waals surface area (Å²) in [6.07, 6.45) is 4.42. The van der Waals surface area contributed by atoms with Crippen LogP contribution < -0.4 is 10.2 Å². The lowest BCUT2D eigenvalue weighted by Gasteiger charge is -2.35. The van der Waals surface area contributed by atoms with Crippen LogP contribution in [0.3, 0.4) is 0 Å². The number of nitrogens with one attached hydrogen (secondary N) is 1. The van der Waals surface area contributed by atoms with Gasteiger partial charge >= 0.3 is 6.03 Å². The topological polar surface area (TPSA) is 52.7 Å². The molecule has 5 nitrogen and oxygen atoms in total. The molecule has 0 spiro atoms. The van der Waals surface area contributed by atoms with Crippen molar-refractivity contribution in [2.45, 2.75) is 38.6 Å². The van der Waals surface area contributed by atoms with Crippen LogP contribution >= 0.6 is 0 Å². The number of nitrogens with zero attached hydrogens (tertiary/aromatic N) is 2. The number of piperidine rings is 1. The molecule has 1 atom stereocenters. The number of hydrogen-bond acceptors (Lipinski definition) is 2. The quantitative estimate of drug-likeness (QED) is 0.933. The fourth-order valence-corrected chi connectivity index (χ4v) is 3.36. The van der Waals surface area contributed by atoms with E-state index in [1.165, 1.54) is 6.42 Å². The molecular weight excluding hydrogens is 278 g/mol. The van der Waals surface area contributed by atoms with Crippen molar-refractivity contribution in [1.29, 1.82) is 0 Å². The van der Waals surface area contributed by atoms with E-state index in [0.717, 1.165) is 31.5 Å². The fraction of sp³-hybridized carbons (Fsp3) is 0.529. The molecule has 0 bridgehead atoms. The molecule has 1 aromatic rings. The molecule has 0 aromatic heterocycles. The maximum absolute atomic E-state index is 12.7. The van der Waals surface area contributed by atoms with Gasteiger partial charge in [-0.1, -0.05) is 6.92 Å². The lowest BCUT2D eigenvalue weighted by atomic mass is 9.99. The highest BCUT2D eigenvalue weighted by Gasteiger charge is 2.26. The molecule has 2 heterocycles. The molecule has 3 amide bonds. The smallest absolute Gasteiger partial charge is 0.321 e. The standard InChI is InChI=1S/C17H23N3O2/c1-2-14-5-3-4-11-19(14)16(21)13-6-8-15(9-7-13)20-12-10-18-17(20)22/h6-9,14H,2-5,10-12H2,1H3,(H,18,22)/t14-/m0/s1. The van der Waals surface area contributed by atoms with E-state index in [4.69, 9.17) is 0 Å². The SMILES string of the molecule is CC[C@H]1CCCCN1C(=O)c1ccc(N2CCNC2=O)cc1. The molecule has 3 rings (SSSR count). The van der Waals surface area contributed by atoms with Crippen LogP contribution in [0.1, 0.15) is 43.0 Å². The van der Waals surface area contributed by atoms with E-state index in [-0.39, 0.29) is 11.9 Å². The lowest BCUT2D eigenvalue weighted by Crippen LogP contribution is -2.43. The number of urea groups is 1. The summed E-state index contributed by atoms with van der Waals surface area (Å²) in [7, 11) is 0. The van der Waals surface area contributed by atoms with Gasteiger partial charge in [-0.05, 0) is 49.9 Å². The minimum atomic E-state index is -0.0684. The molecule has 0 radical (unpaired) electrons. The zero-order valence-corrected chi connectivity index (χ0v) is 13.0. The first-order chi connectivity index (χ1) is 10.7. The Balaban J connectivity index is 1.74. The lowest BCUT2D eigenvalue weighted by molar-refractivity contribution is 0.0608. The van der Waals surface area contributed by atoms with Crippen molar-refractivity contribution in [3.63, 3.8) is 0 Å². The Morgan fingerprint density at radius 2 is 2.00 bits per heavy atom. The zero-order valence-electron chi connectivity index (χ0n) is 13.0. The first-order valence-corrected chi connectivity index (χ1v) is 8.17. The number of benzene rings is 1. The highest BCUT2D eigenvalue weighted by molar-refractivity contribution is 5.97. The van der Waals surface area contributed by atoms with Crippen molar-refractivity contribution in [2.24, 2.45) is 0 Å². The largest absolute Gasteiger partial charge is 0.336 e. The summed E-state index contributed by atoms with van der Waals surface area (Å²) >= 11 is 0. The monoisotopic (exact) mass is 301 g/mol. The molecule has 2 aliphatic heterocycles. The summed E-state index contributed by atoms with van der Waals surface area (Å²) in [6, 6.07) is 7.70. The molecule has 2 aliphatic rings. The zero-order chi connectivity index (χ0) is 15.5. The van der Waals surface area contributed by atoms with Gasteiger partial charge < -0.3 is 10.2 Å². The average molecular weight is 301 g/mol. The number of hydrogen-bond donors (Lipinski definition) is 1. The van der Waals surface area contributed by atoms with Crippen molar-refractivity contribution >= 4 is 17.6 Å². The first-order valence-electron chi connectivity index (χ1n) is 8.17. The third-order valence-electron chi connectivity index (χ3n) is 4.64. The Hall–Kier alpha value is -2.04. The summed E-state index contributed by atoms with van der Waals surface area (Å²) < 4.78 is 0. The summed E-state index contributed by atoms with van der Waals surface area (Å²) in [6.45, 7) is 4.35. The van der Waals surface area contributed by atoms with Gasteiger partial charge in [0.15, 0.2) is 0 Å². The van der Waals surface area contributed by atoms with Crippen molar-refractivity contribution in [2.75, 3.05) is 24.5 Å². The number of rotatable bonds is 3. The first kappa shape index (κ1) is 14.9. The molecule has 2 saturated heterocycles. The predicted molar refractivity (Wildman–Crippen MR) is 86.2 cm³/mol. The normalized spacial score (nSPS) is 21.9. The molecular formula is C17H23N3O2. The summed E-state index contributed by atoms with van der Waals surface area (Å²) in [5.41, 5.74) is 1.56. The fourth-order valence-electron chi connectivity index (χ4n) is 3.36. The molecule has 2 fully saturated rings. The van der Waals surface area contributed by atoms with Crippen molar-refractivity contribution in [3.8, 4) is 0 Å². The number of anilines is 1. The van der Waals surface area contributed by atoms with Gasteiger partial charge in [0.1, 0.15) is 0 Å². The van der Waals surface area contributed by atoms with E-state index in [2.05, 4.69) is 12.2 Å². The second-order valence-electron chi connectivity index (χ2n) is 5.99. The van der Waals surface area contributed by atoms with Gasteiger partial charge in [-0.3, -0.25) is 9.69 Å². The summed E-state index contributed by atoms with van der Waals surface area (Å²) in [5.74, 6) is 0.115. The third kappa shape index (κ3) is 2.80. The van der Waals surface area contributed by atoms with E-state index < -0.39 is 0 Å². The molecule has 1 aromatic carbocycles. The minimum absolute atomic E-state index is 0.0684. The number of carbonyl (C=O) groups is 2. The van der Waals surface area contributed by atoms with Gasteiger partial charge in [-0.25, -0.2) is 4.79 Å². The van der Waals surface area contributed by atoms with Crippen LogP contribution in [0.4, 0.5) is 10.5 Å². The molecule has 0 saturated carbocycles. The Bertz CT molecular complexity index is 556. The van der Waals surface area contributed by atoms with Gasteiger partial charge in [0.2, 0.25) is 0 Å². The molecule has 0 unspecified atom stereocenters. The number of amides is 3. The Kier molecular flexibility index (Phi) is 4.32. The number of likely N-dealkylation sites (tertiary alicyclic amines) is 1. The third-order valence-corrected chi connectivity index (χ3v) is 4.64. The molecule has 1 N–H and O–H groups in total. The maximum Gasteiger partial charge on any atom is 0.321 e. The van der Waals surface area contributed by atoms with Crippen LogP contribution in [0.15, 0.2) is 24.3 Å². The van der Waals surface area contributed by atoms with E-state index >= 15 is 0 Å². The predicted octanol–water partition coefficient (Wildman–Crippen LogP) is 2.62. The Labute approximate surface area is 131 Å². The van der Waals surface area contributed by atoms with Crippen molar-refractivity contribution in [3.05, 3.63) is 29.8 Å². The van der Waals surface area contributed by atoms with Gasteiger partial charge in [-0.15, -0.1) is 0 Å². The van der Waals surface area contributed by atoms with Crippen LogP contribution in [0.5, 0.6) is 0 Å². The van der Waals surface area contributed by atoms with Crippen LogP contribution in [0.2, 0.25) is 0 Å². The van der Waals surface area contributed by atoms with Gasteiger partial charge in [-0.2, -0.15) is 0 Å². The van der Waals surface area contributed by atoms with Crippen LogP contribution in [0.25, 0.3) is 0 Å². The highest BCUT2D eigenvalue weighted by atomic mass is 16.2. The van der Waals surface area contributed by atoms with Gasteiger partial charge in [0, 0.05) is 36.9 Å².